The first-order chi connectivity index (χ1) is 8.95. The molecule has 0 aliphatic rings. The number of ether oxygens (including phenoxy) is 1. The molecule has 0 fully saturated rings. The van der Waals surface area contributed by atoms with Crippen LogP contribution in [0.3, 0.4) is 0 Å². The summed E-state index contributed by atoms with van der Waals surface area (Å²) in [6.07, 6.45) is 2.62. The highest BCUT2D eigenvalue weighted by molar-refractivity contribution is 14.0. The van der Waals surface area contributed by atoms with Gasteiger partial charge in [-0.2, -0.15) is 0 Å². The largest absolute Gasteiger partial charge is 0.463 e. The van der Waals surface area contributed by atoms with Crippen molar-refractivity contribution >= 4 is 35.9 Å². The smallest absolute Gasteiger partial charge is 0.307 e. The van der Waals surface area contributed by atoms with Crippen LogP contribution in [0.4, 0.5) is 0 Å². The SMILES string of the molecule is CN=C(NCCCC(C)C)NCCC(=O)OC(C)C.I. The number of esters is 1. The van der Waals surface area contributed by atoms with Gasteiger partial charge in [0, 0.05) is 20.1 Å². The zero-order chi connectivity index (χ0) is 14.7. The van der Waals surface area contributed by atoms with E-state index in [0.29, 0.717) is 13.0 Å². The van der Waals surface area contributed by atoms with Crippen molar-refractivity contribution in [2.75, 3.05) is 20.1 Å². The van der Waals surface area contributed by atoms with Crippen molar-refractivity contribution in [2.45, 2.75) is 53.1 Å². The first kappa shape index (κ1) is 21.8. The molecule has 0 saturated heterocycles. The highest BCUT2D eigenvalue weighted by Gasteiger charge is 2.05. The predicted octanol–water partition coefficient (Wildman–Crippen LogP) is 2.55. The van der Waals surface area contributed by atoms with Crippen molar-refractivity contribution in [2.24, 2.45) is 10.9 Å². The number of hydrogen-bond acceptors (Lipinski definition) is 3. The van der Waals surface area contributed by atoms with Crippen molar-refractivity contribution in [3.8, 4) is 0 Å². The molecule has 0 rings (SSSR count). The molecule has 6 heteroatoms. The van der Waals surface area contributed by atoms with Crippen LogP contribution in [0.5, 0.6) is 0 Å². The molecule has 0 aromatic heterocycles. The summed E-state index contributed by atoms with van der Waals surface area (Å²) in [6.45, 7) is 9.56. The van der Waals surface area contributed by atoms with Crippen molar-refractivity contribution in [3.05, 3.63) is 0 Å². The third-order valence-electron chi connectivity index (χ3n) is 2.46. The van der Waals surface area contributed by atoms with Gasteiger partial charge in [-0.25, -0.2) is 0 Å². The molecule has 0 bridgehead atoms. The van der Waals surface area contributed by atoms with Crippen LogP contribution >= 0.6 is 24.0 Å². The van der Waals surface area contributed by atoms with Crippen LogP contribution in [-0.2, 0) is 9.53 Å². The average Bonchev–Trinajstić information content (AvgIpc) is 2.30. The molecule has 2 N–H and O–H groups in total. The monoisotopic (exact) mass is 399 g/mol. The van der Waals surface area contributed by atoms with Gasteiger partial charge in [-0.15, -0.1) is 24.0 Å². The van der Waals surface area contributed by atoms with Gasteiger partial charge in [0.05, 0.1) is 12.5 Å². The Bertz CT molecular complexity index is 282. The van der Waals surface area contributed by atoms with Gasteiger partial charge < -0.3 is 15.4 Å². The quantitative estimate of drug-likeness (QED) is 0.217. The first-order valence-corrected chi connectivity index (χ1v) is 7.09. The number of aliphatic imine (C=N–C) groups is 1. The Morgan fingerprint density at radius 3 is 2.25 bits per heavy atom. The van der Waals surface area contributed by atoms with E-state index in [4.69, 9.17) is 4.74 Å². The Kier molecular flexibility index (Phi) is 14.6. The number of hydrogen-bond donors (Lipinski definition) is 2. The standard InChI is InChI=1S/C14H29N3O2.HI/c1-11(2)7-6-9-16-14(15-5)17-10-8-13(18)19-12(3)4;/h11-12H,6-10H2,1-5H3,(H2,15,16,17);1H. The second kappa shape index (κ2) is 13.5. The van der Waals surface area contributed by atoms with Crippen molar-refractivity contribution < 1.29 is 9.53 Å². The second-order valence-corrected chi connectivity index (χ2v) is 5.25. The lowest BCUT2D eigenvalue weighted by atomic mass is 10.1. The van der Waals surface area contributed by atoms with Crippen LogP contribution in [0.15, 0.2) is 4.99 Å². The van der Waals surface area contributed by atoms with E-state index >= 15 is 0 Å². The molecule has 0 heterocycles. The summed E-state index contributed by atoms with van der Waals surface area (Å²) >= 11 is 0. The van der Waals surface area contributed by atoms with E-state index in [1.165, 1.54) is 6.42 Å². The summed E-state index contributed by atoms with van der Waals surface area (Å²) < 4.78 is 5.05. The first-order valence-electron chi connectivity index (χ1n) is 7.09. The number of carbonyl (C=O) groups excluding carboxylic acids is 1. The maximum Gasteiger partial charge on any atom is 0.307 e. The molecule has 20 heavy (non-hydrogen) atoms. The van der Waals surface area contributed by atoms with E-state index in [1.807, 2.05) is 13.8 Å². The number of nitrogens with zero attached hydrogens (tertiary/aromatic N) is 1. The molecular weight excluding hydrogens is 369 g/mol. The third-order valence-corrected chi connectivity index (χ3v) is 2.46. The fourth-order valence-corrected chi connectivity index (χ4v) is 1.54. The summed E-state index contributed by atoms with van der Waals surface area (Å²) in [5.41, 5.74) is 0. The predicted molar refractivity (Wildman–Crippen MR) is 94.7 cm³/mol. The lowest BCUT2D eigenvalue weighted by Gasteiger charge is -2.12. The number of rotatable bonds is 8. The molecule has 0 aliphatic heterocycles. The summed E-state index contributed by atoms with van der Waals surface area (Å²) in [4.78, 5) is 15.4. The molecule has 0 aromatic carbocycles. The molecule has 0 atom stereocenters. The number of nitrogens with one attached hydrogen (secondary N) is 2. The van der Waals surface area contributed by atoms with Crippen LogP contribution in [0.25, 0.3) is 0 Å². The van der Waals surface area contributed by atoms with Gasteiger partial charge in [-0.1, -0.05) is 13.8 Å². The summed E-state index contributed by atoms with van der Waals surface area (Å²) in [7, 11) is 1.73. The van der Waals surface area contributed by atoms with Gasteiger partial charge in [-0.3, -0.25) is 9.79 Å². The van der Waals surface area contributed by atoms with Gasteiger partial charge in [0.15, 0.2) is 5.96 Å². The van der Waals surface area contributed by atoms with E-state index in [1.54, 1.807) is 7.05 Å². The number of guanidine groups is 1. The molecule has 0 radical (unpaired) electrons. The fourth-order valence-electron chi connectivity index (χ4n) is 1.54. The zero-order valence-corrected chi connectivity index (χ0v) is 15.7. The minimum absolute atomic E-state index is 0. The maximum absolute atomic E-state index is 11.3. The molecular formula is C14H30IN3O2. The topological polar surface area (TPSA) is 62.7 Å². The average molecular weight is 399 g/mol. The van der Waals surface area contributed by atoms with E-state index in [9.17, 15) is 4.79 Å². The van der Waals surface area contributed by atoms with Crippen LogP contribution in [0.1, 0.15) is 47.0 Å². The summed E-state index contributed by atoms with van der Waals surface area (Å²) in [6, 6.07) is 0. The van der Waals surface area contributed by atoms with Gasteiger partial charge in [-0.05, 0) is 32.6 Å². The minimum Gasteiger partial charge on any atom is -0.463 e. The molecule has 0 amide bonds. The van der Waals surface area contributed by atoms with Crippen molar-refractivity contribution in [1.82, 2.24) is 10.6 Å². The van der Waals surface area contributed by atoms with E-state index in [0.717, 1.165) is 24.8 Å². The number of halogens is 1. The van der Waals surface area contributed by atoms with Crippen molar-refractivity contribution in [3.63, 3.8) is 0 Å². The molecule has 0 aliphatic carbocycles. The van der Waals surface area contributed by atoms with Crippen LogP contribution in [0, 0.1) is 5.92 Å². The molecule has 5 nitrogen and oxygen atoms in total. The molecule has 0 unspecified atom stereocenters. The molecule has 0 saturated carbocycles. The van der Waals surface area contributed by atoms with E-state index in [-0.39, 0.29) is 36.0 Å². The van der Waals surface area contributed by atoms with E-state index in [2.05, 4.69) is 29.5 Å². The Morgan fingerprint density at radius 2 is 1.75 bits per heavy atom. The van der Waals surface area contributed by atoms with Crippen LogP contribution in [0.2, 0.25) is 0 Å². The lowest BCUT2D eigenvalue weighted by Crippen LogP contribution is -2.39. The normalized spacial score (nSPS) is 11.2. The van der Waals surface area contributed by atoms with Crippen LogP contribution in [-0.4, -0.2) is 38.2 Å². The summed E-state index contributed by atoms with van der Waals surface area (Å²) in [5.74, 6) is 1.28. The Morgan fingerprint density at radius 1 is 1.15 bits per heavy atom. The van der Waals surface area contributed by atoms with Crippen LogP contribution < -0.4 is 10.6 Å². The highest BCUT2D eigenvalue weighted by Crippen LogP contribution is 2.01. The second-order valence-electron chi connectivity index (χ2n) is 5.25. The molecule has 0 spiro atoms. The fraction of sp³-hybridized carbons (Fsp3) is 0.857. The minimum atomic E-state index is -0.183. The van der Waals surface area contributed by atoms with Crippen molar-refractivity contribution in [1.29, 1.82) is 0 Å². The van der Waals surface area contributed by atoms with Gasteiger partial charge in [0.2, 0.25) is 0 Å². The molecule has 0 aromatic rings. The Labute approximate surface area is 140 Å². The Hall–Kier alpha value is -0.530. The number of carbonyl (C=O) groups is 1. The maximum atomic E-state index is 11.3. The Balaban J connectivity index is 0. The highest BCUT2D eigenvalue weighted by atomic mass is 127. The summed E-state index contributed by atoms with van der Waals surface area (Å²) in [5, 5.41) is 6.33. The lowest BCUT2D eigenvalue weighted by molar-refractivity contribution is -0.147. The van der Waals surface area contributed by atoms with Gasteiger partial charge >= 0.3 is 5.97 Å². The van der Waals surface area contributed by atoms with Gasteiger partial charge in [0.25, 0.3) is 0 Å². The zero-order valence-electron chi connectivity index (χ0n) is 13.4. The van der Waals surface area contributed by atoms with E-state index < -0.39 is 0 Å². The molecule has 120 valence electrons. The third kappa shape index (κ3) is 13.9. The van der Waals surface area contributed by atoms with Gasteiger partial charge in [0.1, 0.15) is 0 Å².